The molecule has 2 saturated carbocycles. The number of nitrogens with two attached hydrogens (primary N) is 12. The number of ketones is 2. The van der Waals surface area contributed by atoms with Crippen LogP contribution in [0.15, 0.2) is 42.5 Å². The summed E-state index contributed by atoms with van der Waals surface area (Å²) in [7, 11) is 0. The van der Waals surface area contributed by atoms with Crippen molar-refractivity contribution in [2.75, 3.05) is 107 Å². The van der Waals surface area contributed by atoms with Crippen LogP contribution in [0.25, 0.3) is 0 Å². The zero-order chi connectivity index (χ0) is 93.4. The van der Waals surface area contributed by atoms with Crippen molar-refractivity contribution in [3.05, 3.63) is 64.7 Å². The first-order valence-electron chi connectivity index (χ1n) is 43.8. The number of fused-ring (bicyclic) bond motifs is 2. The lowest BCUT2D eigenvalue weighted by Crippen LogP contribution is -2.68. The topological polar surface area (TPSA) is 775 Å². The molecule has 50 heteroatoms. The molecule has 0 spiro atoms. The molecule has 6 heterocycles. The van der Waals surface area contributed by atoms with Gasteiger partial charge in [-0.2, -0.15) is 23.5 Å². The van der Waals surface area contributed by atoms with Crippen molar-refractivity contribution >= 4 is 92.8 Å². The number of carbonyl (C=O) groups excluding carboxylic acids is 2. The fourth-order valence-corrected chi connectivity index (χ4v) is 19.6. The number of hydrogen-bond acceptors (Lipinski definition) is 44. The van der Waals surface area contributed by atoms with Crippen molar-refractivity contribution in [1.82, 2.24) is 31.5 Å². The number of thiocarbonyl (C=S) groups is 3. The van der Waals surface area contributed by atoms with Crippen molar-refractivity contribution in [1.29, 1.82) is 0 Å². The van der Waals surface area contributed by atoms with Crippen LogP contribution in [-0.4, -0.2) is 427 Å². The van der Waals surface area contributed by atoms with Crippen LogP contribution in [0.2, 0.25) is 0 Å². The van der Waals surface area contributed by atoms with Gasteiger partial charge in [-0.25, -0.2) is 0 Å². The molecular formula is C79H135N19O26S5. The van der Waals surface area contributed by atoms with E-state index in [1.807, 2.05) is 0 Å². The highest BCUT2D eigenvalue weighted by molar-refractivity contribution is 7.99. The van der Waals surface area contributed by atoms with E-state index >= 15 is 0 Å². The number of nitrogens with zero attached hydrogens (tertiary/aromatic N) is 1. The second-order valence-corrected chi connectivity index (χ2v) is 37.5. The summed E-state index contributed by atoms with van der Waals surface area (Å²) in [6.07, 6.45) is -35.7. The van der Waals surface area contributed by atoms with E-state index in [-0.39, 0.29) is 62.1 Å². The molecule has 11 rings (SSSR count). The van der Waals surface area contributed by atoms with Crippen molar-refractivity contribution in [2.24, 2.45) is 68.8 Å². The molecule has 3 aliphatic carbocycles. The minimum atomic E-state index is -1.62. The van der Waals surface area contributed by atoms with Crippen LogP contribution in [0.3, 0.4) is 0 Å². The SMILES string of the molecule is NCC1O[C@H](O[C@@H]2C(N)C[C@@H](N)C(O)[C@H]2OC2O[C@H](CSCCNC(=S)NCCCCN(CCCCCNC(=S)Nc3ccc4c(c3)C(=O)c3ccccc3C4=O)CCCNC(=S)NCCSC[C@H]3OC(O[C@@H]4C(O)[C@H](N)CC(N)[C@H]4O[C@H]4OC(CN)[C@@H](O)[C@H](O)C4N)[C@@H](O)[C@H]3O[C@H]3O[C@@H](CN)[C@@H](O)C(O)C3N)[C@H](O[C@H]3O[C@@H](CN)[C@@H](O)C(O)C3N)[C@@H]2O)C(N)[C@@H](O)[C@@H]1O. The van der Waals surface area contributed by atoms with Crippen LogP contribution >= 0.6 is 60.2 Å². The second-order valence-electron chi connectivity index (χ2n) is 34.0. The lowest BCUT2D eigenvalue weighted by atomic mass is 9.84. The molecule has 42 N–H and O–H groups in total. The first-order chi connectivity index (χ1) is 61.7. The Morgan fingerprint density at radius 2 is 0.682 bits per heavy atom. The van der Waals surface area contributed by atoms with E-state index in [0.29, 0.717) is 87.5 Å². The summed E-state index contributed by atoms with van der Waals surface area (Å²) >= 11 is 19.9. The predicted molar refractivity (Wildman–Crippen MR) is 483 cm³/mol. The molecule has 2 aromatic rings. The van der Waals surface area contributed by atoms with Crippen LogP contribution in [-0.2, 0) is 56.8 Å². The average Bonchev–Trinajstić information content (AvgIpc) is 1.33. The number of ether oxygens (including phenoxy) is 12. The predicted octanol–water partition coefficient (Wildman–Crippen LogP) is -12.0. The molecule has 0 aromatic heterocycles. The third kappa shape index (κ3) is 26.5. The molecule has 0 bridgehead atoms. The zero-order valence-corrected chi connectivity index (χ0v) is 75.5. The molecule has 8 fully saturated rings. The first-order valence-corrected chi connectivity index (χ1v) is 47.4. The highest BCUT2D eigenvalue weighted by Crippen LogP contribution is 2.40. The smallest absolute Gasteiger partial charge is 0.194 e. The van der Waals surface area contributed by atoms with Gasteiger partial charge in [0, 0.05) is 134 Å². The van der Waals surface area contributed by atoms with Gasteiger partial charge in [0.25, 0.3) is 0 Å². The number of benzene rings is 2. The summed E-state index contributed by atoms with van der Waals surface area (Å²) < 4.78 is 74.0. The van der Waals surface area contributed by atoms with E-state index in [9.17, 15) is 70.9 Å². The van der Waals surface area contributed by atoms with E-state index in [1.54, 1.807) is 42.5 Å². The number of carbonyl (C=O) groups is 2. The highest BCUT2D eigenvalue weighted by atomic mass is 32.2. The van der Waals surface area contributed by atoms with Crippen LogP contribution in [0.5, 0.6) is 0 Å². The van der Waals surface area contributed by atoms with E-state index in [4.69, 9.17) is 162 Å². The van der Waals surface area contributed by atoms with Gasteiger partial charge in [0.15, 0.2) is 64.6 Å². The molecule has 14 unspecified atom stereocenters. The third-order valence-electron chi connectivity index (χ3n) is 24.8. The van der Waals surface area contributed by atoms with Gasteiger partial charge in [0.1, 0.15) is 122 Å². The van der Waals surface area contributed by atoms with E-state index in [0.717, 1.165) is 58.2 Å². The zero-order valence-electron chi connectivity index (χ0n) is 71.5. The van der Waals surface area contributed by atoms with Gasteiger partial charge in [0.05, 0.1) is 48.6 Å². The Kier molecular flexibility index (Phi) is 40.8. The Morgan fingerprint density at radius 3 is 1.09 bits per heavy atom. The molecule has 129 heavy (non-hydrogen) atoms. The van der Waals surface area contributed by atoms with Gasteiger partial charge in [0.2, 0.25) is 0 Å². The molecule has 2 aromatic carbocycles. The standard InChI is InChI=1S/C79H135N19O26S5/c80-26-41-55(103)59(107)47(88)71(113-41)119-65-39(86)24-37(84)53(101)69(65)123-75-63(111)67(121-73-49(90)61(109)57(105)43(28-82)115-73)45(117-75)30-128-21-16-95-77(125)92-14-5-7-19-98(18-6-1-4-13-94-79(127)97-32-11-12-35-36(23-32)52(100)34-10-3-2-9-33(34)51(35)99)20-8-15-93-78(126)96-17-22-129-31-46-68(122-74-50(91)62(110)58(106)44(29-83)116-74)64(112)76(118-46)124-70-54(102)38(85)25-40(87)66(70)120-72-48(89)60(108)56(104)42(27-81)114-72/h2-3,9-12,23,37-50,53-76,101-112H,1,4-8,13-22,24-31,80-91H2,(H2,92,95,125)(H2,93,96,126)(H2,94,97,127)/t37-,38-,39?,40?,41?,42?,43+,44+,45-,46-,47?,48?,49?,50?,53?,54?,55-,56-,57-,58-,59-,60-,61?,62?,63+,64+,65-,66-,67+,68+,69-,70-,71-,72-,73-,74-,75?,76?/m1/s1. The van der Waals surface area contributed by atoms with Crippen molar-refractivity contribution in [3.8, 4) is 0 Å². The molecule has 0 radical (unpaired) electrons. The summed E-state index contributed by atoms with van der Waals surface area (Å²) in [5, 5.41) is 154. The first kappa shape index (κ1) is 106. The van der Waals surface area contributed by atoms with Gasteiger partial charge in [-0.05, 0) is 119 Å². The molecule has 0 amide bonds. The fourth-order valence-electron chi connectivity index (χ4n) is 17.2. The number of aliphatic hydroxyl groups excluding tert-OH is 12. The Balaban J connectivity index is 0.650. The quantitative estimate of drug-likeness (QED) is 0.0185. The Morgan fingerprint density at radius 1 is 0.357 bits per heavy atom. The largest absolute Gasteiger partial charge is 0.389 e. The number of hydrogen-bond donors (Lipinski definition) is 30. The van der Waals surface area contributed by atoms with E-state index in [2.05, 4.69) is 36.8 Å². The maximum Gasteiger partial charge on any atom is 0.194 e. The summed E-state index contributed by atoms with van der Waals surface area (Å²) in [6.45, 7) is 3.92. The van der Waals surface area contributed by atoms with Crippen LogP contribution in [0.4, 0.5) is 5.69 Å². The summed E-state index contributed by atoms with van der Waals surface area (Å²) in [5.74, 6) is 0.817. The van der Waals surface area contributed by atoms with Gasteiger partial charge in [-0.15, -0.1) is 0 Å². The number of aliphatic hydroxyl groups is 12. The van der Waals surface area contributed by atoms with Gasteiger partial charge in [-0.3, -0.25) is 9.59 Å². The molecule has 6 aliphatic heterocycles. The summed E-state index contributed by atoms with van der Waals surface area (Å²) in [4.78, 5) is 29.0. The normalized spacial score (nSPS) is 39.4. The average molecular weight is 1930 g/mol. The number of rotatable bonds is 42. The number of thioether (sulfide) groups is 2. The summed E-state index contributed by atoms with van der Waals surface area (Å²) in [5.41, 5.74) is 76.4. The third-order valence-corrected chi connectivity index (χ3v) is 27.7. The lowest BCUT2D eigenvalue weighted by Gasteiger charge is -2.47. The molecule has 6 saturated heterocycles. The number of anilines is 1. The number of unbranched alkanes of at least 4 members (excludes halogenated alkanes) is 3. The van der Waals surface area contributed by atoms with E-state index in [1.165, 1.54) is 23.5 Å². The summed E-state index contributed by atoms with van der Waals surface area (Å²) in [6, 6.07) is 2.88. The fraction of sp³-hybridized carbons (Fsp3) is 0.785. The van der Waals surface area contributed by atoms with Crippen molar-refractivity contribution in [2.45, 2.75) is 284 Å². The minimum absolute atomic E-state index is 0.0436. The van der Waals surface area contributed by atoms with Crippen LogP contribution < -0.4 is 101 Å². The molecule has 9 aliphatic rings. The minimum Gasteiger partial charge on any atom is -0.389 e. The maximum atomic E-state index is 13.4. The van der Waals surface area contributed by atoms with Crippen molar-refractivity contribution < 1.29 is 128 Å². The second kappa shape index (κ2) is 49.9. The number of nitrogens with one attached hydrogen (secondary N) is 6. The molecule has 38 atom stereocenters. The monoisotopic (exact) mass is 1930 g/mol. The Bertz CT molecular complexity index is 3880. The van der Waals surface area contributed by atoms with Gasteiger partial charge < -0.3 is 224 Å². The van der Waals surface area contributed by atoms with Gasteiger partial charge >= 0.3 is 0 Å². The molecular weight excluding hydrogens is 1790 g/mol. The van der Waals surface area contributed by atoms with Crippen LogP contribution in [0.1, 0.15) is 83.2 Å². The lowest BCUT2D eigenvalue weighted by molar-refractivity contribution is -0.306. The van der Waals surface area contributed by atoms with Crippen molar-refractivity contribution in [3.63, 3.8) is 0 Å². The maximum absolute atomic E-state index is 13.4. The Hall–Kier alpha value is -3.93. The van der Waals surface area contributed by atoms with E-state index < -0.39 is 233 Å². The Labute approximate surface area is 772 Å². The highest BCUT2D eigenvalue weighted by Gasteiger charge is 2.58. The van der Waals surface area contributed by atoms with Crippen LogP contribution in [0, 0.1) is 0 Å². The molecule has 732 valence electrons. The molecule has 45 nitrogen and oxygen atoms in total. The van der Waals surface area contributed by atoms with Gasteiger partial charge in [-0.1, -0.05) is 30.7 Å².